The highest BCUT2D eigenvalue weighted by molar-refractivity contribution is 9.11. The van der Waals surface area contributed by atoms with Gasteiger partial charge < -0.3 is 5.32 Å². The fraction of sp³-hybridized carbons (Fsp3) is 0.235. The number of carbonyl (C=O) groups is 1. The van der Waals surface area contributed by atoms with Gasteiger partial charge in [0.1, 0.15) is 0 Å². The van der Waals surface area contributed by atoms with Gasteiger partial charge >= 0.3 is 0 Å². The first-order valence-corrected chi connectivity index (χ1v) is 10.7. The topological polar surface area (TPSA) is 75.3 Å². The van der Waals surface area contributed by atoms with Gasteiger partial charge in [-0.3, -0.25) is 4.79 Å². The van der Waals surface area contributed by atoms with Crippen molar-refractivity contribution in [2.45, 2.75) is 17.7 Å². The summed E-state index contributed by atoms with van der Waals surface area (Å²) < 4.78 is 28.2. The minimum Gasteiger partial charge on any atom is -0.356 e. The second-order valence-corrected chi connectivity index (χ2v) is 8.81. The maximum atomic E-state index is 12.3. The maximum absolute atomic E-state index is 12.3. The zero-order valence-corrected chi connectivity index (χ0v) is 17.3. The highest BCUT2D eigenvalue weighted by Gasteiger charge is 2.18. The van der Waals surface area contributed by atoms with Crippen molar-refractivity contribution in [1.29, 1.82) is 0 Å². The minimum absolute atomic E-state index is 0.0401. The summed E-state index contributed by atoms with van der Waals surface area (Å²) in [7, 11) is -3.68. The molecule has 0 bridgehead atoms. The summed E-state index contributed by atoms with van der Waals surface area (Å²) in [5, 5.41) is 2.79. The average molecular weight is 490 g/mol. The second-order valence-electron chi connectivity index (χ2n) is 5.31. The smallest absolute Gasteiger partial charge is 0.241 e. The van der Waals surface area contributed by atoms with Crippen molar-refractivity contribution in [3.63, 3.8) is 0 Å². The van der Waals surface area contributed by atoms with Crippen molar-refractivity contribution in [2.75, 3.05) is 13.1 Å². The normalized spacial score (nSPS) is 11.3. The van der Waals surface area contributed by atoms with Gasteiger partial charge in [-0.1, -0.05) is 46.3 Å². The fourth-order valence-electron chi connectivity index (χ4n) is 2.14. The molecule has 0 atom stereocenters. The highest BCUT2D eigenvalue weighted by Crippen LogP contribution is 2.25. The van der Waals surface area contributed by atoms with Crippen molar-refractivity contribution < 1.29 is 13.2 Å². The lowest BCUT2D eigenvalue weighted by molar-refractivity contribution is -0.120. The van der Waals surface area contributed by atoms with E-state index in [4.69, 9.17) is 0 Å². The molecule has 0 saturated carbocycles. The Hall–Kier alpha value is -1.22. The van der Waals surface area contributed by atoms with Crippen LogP contribution in [0.15, 0.2) is 62.4 Å². The van der Waals surface area contributed by atoms with Gasteiger partial charge in [-0.25, -0.2) is 13.1 Å². The molecular formula is C17H18Br2N2O3S. The van der Waals surface area contributed by atoms with E-state index in [0.717, 1.165) is 12.0 Å². The molecular weight excluding hydrogens is 472 g/mol. The molecule has 0 unspecified atom stereocenters. The molecule has 1 amide bonds. The minimum atomic E-state index is -3.68. The number of hydrogen-bond acceptors (Lipinski definition) is 3. The van der Waals surface area contributed by atoms with E-state index < -0.39 is 10.0 Å². The van der Waals surface area contributed by atoms with Crippen LogP contribution in [0.5, 0.6) is 0 Å². The lowest BCUT2D eigenvalue weighted by Crippen LogP contribution is -2.31. The first-order valence-electron chi connectivity index (χ1n) is 7.64. The van der Waals surface area contributed by atoms with Gasteiger partial charge in [0.15, 0.2) is 0 Å². The Morgan fingerprint density at radius 3 is 2.44 bits per heavy atom. The number of benzene rings is 2. The molecule has 0 heterocycles. The van der Waals surface area contributed by atoms with Gasteiger partial charge in [0.25, 0.3) is 0 Å². The second kappa shape index (κ2) is 9.47. The molecule has 8 heteroatoms. The van der Waals surface area contributed by atoms with Crippen LogP contribution >= 0.6 is 31.9 Å². The average Bonchev–Trinajstić information content (AvgIpc) is 2.58. The van der Waals surface area contributed by atoms with Crippen molar-refractivity contribution in [3.05, 3.63) is 63.0 Å². The van der Waals surface area contributed by atoms with Gasteiger partial charge in [-0.2, -0.15) is 0 Å². The third-order valence-electron chi connectivity index (χ3n) is 3.41. The summed E-state index contributed by atoms with van der Waals surface area (Å²) in [6.45, 7) is 0.561. The van der Waals surface area contributed by atoms with Crippen molar-refractivity contribution in [1.82, 2.24) is 10.0 Å². The quantitative estimate of drug-likeness (QED) is 0.597. The Bertz CT molecular complexity index is 827. The third-order valence-corrected chi connectivity index (χ3v) is 6.35. The maximum Gasteiger partial charge on any atom is 0.241 e. The number of carbonyl (C=O) groups excluding carboxylic acids is 1. The molecule has 0 radical (unpaired) electrons. The number of nitrogens with one attached hydrogen (secondary N) is 2. The third kappa shape index (κ3) is 6.54. The molecule has 0 aliphatic carbocycles. The first-order chi connectivity index (χ1) is 11.9. The Morgan fingerprint density at radius 1 is 1.00 bits per heavy atom. The number of halogens is 2. The zero-order valence-electron chi connectivity index (χ0n) is 13.3. The Kier molecular flexibility index (Phi) is 7.61. The van der Waals surface area contributed by atoms with Gasteiger partial charge in [0.2, 0.25) is 15.9 Å². The summed E-state index contributed by atoms with van der Waals surface area (Å²) >= 11 is 6.47. The van der Waals surface area contributed by atoms with Crippen molar-refractivity contribution >= 4 is 47.8 Å². The number of amides is 1. The summed E-state index contributed by atoms with van der Waals surface area (Å²) in [6.07, 6.45) is 0.822. The first kappa shape index (κ1) is 20.1. The van der Waals surface area contributed by atoms with E-state index in [1.807, 2.05) is 30.3 Å². The van der Waals surface area contributed by atoms with E-state index >= 15 is 0 Å². The van der Waals surface area contributed by atoms with Crippen molar-refractivity contribution in [2.24, 2.45) is 0 Å². The van der Waals surface area contributed by atoms with Crippen LogP contribution in [0.25, 0.3) is 0 Å². The molecule has 134 valence electrons. The van der Waals surface area contributed by atoms with E-state index in [9.17, 15) is 13.2 Å². The number of sulfonamides is 1. The standard InChI is InChI=1S/C17H18Br2N2O3S/c18-14-6-7-15(19)16(12-14)25(23,24)21-11-9-17(22)20-10-8-13-4-2-1-3-5-13/h1-7,12,21H,8-11H2,(H,20,22). The summed E-state index contributed by atoms with van der Waals surface area (Å²) in [4.78, 5) is 11.9. The Labute approximate surface area is 164 Å². The van der Waals surface area contributed by atoms with E-state index in [1.165, 1.54) is 6.07 Å². The van der Waals surface area contributed by atoms with Crippen LogP contribution in [-0.4, -0.2) is 27.4 Å². The number of hydrogen-bond donors (Lipinski definition) is 2. The van der Waals surface area contributed by atoms with E-state index in [1.54, 1.807) is 12.1 Å². The van der Waals surface area contributed by atoms with Crippen LogP contribution < -0.4 is 10.0 Å². The molecule has 2 rings (SSSR count). The molecule has 0 aromatic heterocycles. The summed E-state index contributed by atoms with van der Waals surface area (Å²) in [5.74, 6) is -0.188. The van der Waals surface area contributed by atoms with Crippen LogP contribution in [0.4, 0.5) is 0 Å². The zero-order chi connectivity index (χ0) is 18.3. The van der Waals surface area contributed by atoms with Crippen molar-refractivity contribution in [3.8, 4) is 0 Å². The predicted octanol–water partition coefficient (Wildman–Crippen LogP) is 3.24. The lowest BCUT2D eigenvalue weighted by atomic mass is 10.1. The van der Waals surface area contributed by atoms with Gasteiger partial charge in [-0.05, 0) is 46.1 Å². The summed E-state index contributed by atoms with van der Waals surface area (Å²) in [6, 6.07) is 14.7. The van der Waals surface area contributed by atoms with Crippen LogP contribution in [0.3, 0.4) is 0 Å². The largest absolute Gasteiger partial charge is 0.356 e. The van der Waals surface area contributed by atoms with Gasteiger partial charge in [0, 0.05) is 28.5 Å². The molecule has 25 heavy (non-hydrogen) atoms. The molecule has 2 aromatic rings. The van der Waals surface area contributed by atoms with Crippen LogP contribution in [0, 0.1) is 0 Å². The predicted molar refractivity (Wildman–Crippen MR) is 105 cm³/mol. The number of rotatable bonds is 8. The molecule has 0 aliphatic rings. The highest BCUT2D eigenvalue weighted by atomic mass is 79.9. The molecule has 2 aromatic carbocycles. The monoisotopic (exact) mass is 488 g/mol. The molecule has 0 spiro atoms. The van der Waals surface area contributed by atoms with Crippen LogP contribution in [-0.2, 0) is 21.2 Å². The molecule has 0 saturated heterocycles. The van der Waals surface area contributed by atoms with E-state index in [0.29, 0.717) is 15.5 Å². The molecule has 0 aliphatic heterocycles. The fourth-order valence-corrected chi connectivity index (χ4v) is 4.67. The SMILES string of the molecule is O=C(CCNS(=O)(=O)c1cc(Br)ccc1Br)NCCc1ccccc1. The van der Waals surface area contributed by atoms with Gasteiger partial charge in [-0.15, -0.1) is 0 Å². The van der Waals surface area contributed by atoms with E-state index in [2.05, 4.69) is 41.9 Å². The van der Waals surface area contributed by atoms with Crippen LogP contribution in [0.2, 0.25) is 0 Å². The molecule has 5 nitrogen and oxygen atoms in total. The van der Waals surface area contributed by atoms with Crippen LogP contribution in [0.1, 0.15) is 12.0 Å². The Balaban J connectivity index is 1.77. The molecule has 0 fully saturated rings. The molecule has 2 N–H and O–H groups in total. The van der Waals surface area contributed by atoms with E-state index in [-0.39, 0.29) is 23.8 Å². The van der Waals surface area contributed by atoms with Gasteiger partial charge in [0.05, 0.1) is 4.90 Å². The summed E-state index contributed by atoms with van der Waals surface area (Å²) in [5.41, 5.74) is 1.14. The Morgan fingerprint density at radius 2 is 1.72 bits per heavy atom. The lowest BCUT2D eigenvalue weighted by Gasteiger charge is -2.09.